The van der Waals surface area contributed by atoms with Gasteiger partial charge in [0.2, 0.25) is 0 Å². The second-order valence-electron chi connectivity index (χ2n) is 4.63. The molecule has 4 nitrogen and oxygen atoms in total. The number of hydrogen-bond acceptors (Lipinski definition) is 5. The lowest BCUT2D eigenvalue weighted by Crippen LogP contribution is -2.23. The van der Waals surface area contributed by atoms with E-state index >= 15 is 0 Å². The highest BCUT2D eigenvalue weighted by atomic mass is 35.5. The van der Waals surface area contributed by atoms with Crippen molar-refractivity contribution in [2.75, 3.05) is 6.54 Å². The lowest BCUT2D eigenvalue weighted by Gasteiger charge is -2.15. The molecule has 0 radical (unpaired) electrons. The van der Waals surface area contributed by atoms with Crippen molar-refractivity contribution < 1.29 is 0 Å². The van der Waals surface area contributed by atoms with E-state index in [4.69, 9.17) is 11.6 Å². The summed E-state index contributed by atoms with van der Waals surface area (Å²) in [5.74, 6) is 0.860. The number of thiophene rings is 2. The van der Waals surface area contributed by atoms with Gasteiger partial charge in [0.05, 0.1) is 10.4 Å². The van der Waals surface area contributed by atoms with Gasteiger partial charge in [0.1, 0.15) is 6.33 Å². The zero-order valence-electron chi connectivity index (χ0n) is 11.5. The minimum absolute atomic E-state index is 0.186. The number of nitrogens with one attached hydrogen (secondary N) is 1. The molecule has 3 heterocycles. The lowest BCUT2D eigenvalue weighted by molar-refractivity contribution is 0.608. The fourth-order valence-corrected chi connectivity index (χ4v) is 4.16. The first-order valence-electron chi connectivity index (χ1n) is 6.59. The highest BCUT2D eigenvalue weighted by Gasteiger charge is 2.16. The van der Waals surface area contributed by atoms with E-state index in [1.54, 1.807) is 33.7 Å². The van der Waals surface area contributed by atoms with Crippen LogP contribution < -0.4 is 5.32 Å². The molecule has 110 valence electrons. The van der Waals surface area contributed by atoms with Crippen molar-refractivity contribution in [3.05, 3.63) is 55.9 Å². The number of aromatic nitrogens is 3. The summed E-state index contributed by atoms with van der Waals surface area (Å²) in [7, 11) is 1.88. The summed E-state index contributed by atoms with van der Waals surface area (Å²) in [6.45, 7) is 0.822. The zero-order chi connectivity index (χ0) is 14.7. The molecule has 0 aliphatic carbocycles. The first kappa shape index (κ1) is 14.7. The fraction of sp³-hybridized carbons (Fsp3) is 0.286. The maximum atomic E-state index is 6.07. The summed E-state index contributed by atoms with van der Waals surface area (Å²) >= 11 is 9.44. The normalized spacial score (nSPS) is 12.7. The van der Waals surface area contributed by atoms with Crippen LogP contribution in [0.2, 0.25) is 4.34 Å². The average Bonchev–Trinajstić information content (AvgIpc) is 3.17. The molecule has 0 aliphatic rings. The molecule has 7 heteroatoms. The van der Waals surface area contributed by atoms with Crippen molar-refractivity contribution in [1.29, 1.82) is 0 Å². The molecule has 0 spiro atoms. The van der Waals surface area contributed by atoms with Crippen molar-refractivity contribution in [2.24, 2.45) is 7.05 Å². The summed E-state index contributed by atoms with van der Waals surface area (Å²) in [5, 5.41) is 9.98. The first-order chi connectivity index (χ1) is 10.2. The standard InChI is InChI=1S/C14H15ClN4S2/c1-19-9-17-13(18-19)6-7-16-14(10-3-2-8-20-10)11-4-5-12(15)21-11/h2-5,8-9,14,16H,6-7H2,1H3. The Balaban J connectivity index is 1.68. The quantitative estimate of drug-likeness (QED) is 0.748. The smallest absolute Gasteiger partial charge is 0.151 e. The third-order valence-corrected chi connectivity index (χ3v) is 5.28. The molecular weight excluding hydrogens is 324 g/mol. The predicted octanol–water partition coefficient (Wildman–Crippen LogP) is 3.51. The molecule has 3 aromatic heterocycles. The van der Waals surface area contributed by atoms with Crippen LogP contribution in [0.25, 0.3) is 0 Å². The van der Waals surface area contributed by atoms with Crippen LogP contribution in [-0.4, -0.2) is 21.3 Å². The Hall–Kier alpha value is -1.21. The van der Waals surface area contributed by atoms with E-state index in [0.717, 1.165) is 23.1 Å². The molecule has 0 amide bonds. The maximum absolute atomic E-state index is 6.07. The fourth-order valence-electron chi connectivity index (χ4n) is 2.11. The van der Waals surface area contributed by atoms with Crippen LogP contribution in [0.1, 0.15) is 21.6 Å². The Labute approximate surface area is 136 Å². The van der Waals surface area contributed by atoms with Gasteiger partial charge in [-0.05, 0) is 23.6 Å². The van der Waals surface area contributed by atoms with E-state index < -0.39 is 0 Å². The second kappa shape index (κ2) is 6.70. The van der Waals surface area contributed by atoms with Gasteiger partial charge in [-0.15, -0.1) is 22.7 Å². The summed E-state index contributed by atoms with van der Waals surface area (Å²) in [5.41, 5.74) is 0. The van der Waals surface area contributed by atoms with Gasteiger partial charge < -0.3 is 5.32 Å². The summed E-state index contributed by atoms with van der Waals surface area (Å²) in [6, 6.07) is 8.44. The molecule has 0 aliphatic heterocycles. The first-order valence-corrected chi connectivity index (χ1v) is 8.66. The van der Waals surface area contributed by atoms with Gasteiger partial charge in [0.25, 0.3) is 0 Å². The monoisotopic (exact) mass is 338 g/mol. The van der Waals surface area contributed by atoms with Gasteiger partial charge >= 0.3 is 0 Å². The Morgan fingerprint density at radius 2 is 2.24 bits per heavy atom. The second-order valence-corrected chi connectivity index (χ2v) is 7.35. The summed E-state index contributed by atoms with van der Waals surface area (Å²) in [6.07, 6.45) is 2.53. The minimum atomic E-state index is 0.186. The summed E-state index contributed by atoms with van der Waals surface area (Å²) in [4.78, 5) is 6.77. The largest absolute Gasteiger partial charge is 0.304 e. The third kappa shape index (κ3) is 3.71. The van der Waals surface area contributed by atoms with Gasteiger partial charge in [-0.2, -0.15) is 5.10 Å². The van der Waals surface area contributed by atoms with E-state index in [1.807, 2.05) is 13.1 Å². The van der Waals surface area contributed by atoms with Gasteiger partial charge in [-0.1, -0.05) is 17.7 Å². The molecule has 0 aromatic carbocycles. The minimum Gasteiger partial charge on any atom is -0.304 e. The number of aryl methyl sites for hydroxylation is 1. The molecule has 21 heavy (non-hydrogen) atoms. The average molecular weight is 339 g/mol. The third-order valence-electron chi connectivity index (χ3n) is 3.05. The van der Waals surface area contributed by atoms with E-state index in [1.165, 1.54) is 9.75 Å². The molecule has 1 unspecified atom stereocenters. The highest BCUT2D eigenvalue weighted by Crippen LogP contribution is 2.32. The van der Waals surface area contributed by atoms with E-state index in [-0.39, 0.29) is 6.04 Å². The Bertz CT molecular complexity index is 689. The van der Waals surface area contributed by atoms with Gasteiger partial charge in [0.15, 0.2) is 5.82 Å². The topological polar surface area (TPSA) is 42.7 Å². The van der Waals surface area contributed by atoms with Gasteiger partial charge in [-0.25, -0.2) is 4.98 Å². The number of hydrogen-bond donors (Lipinski definition) is 1. The predicted molar refractivity (Wildman–Crippen MR) is 88.2 cm³/mol. The molecule has 0 fully saturated rings. The van der Waals surface area contributed by atoms with Gasteiger partial charge in [0, 0.05) is 29.8 Å². The summed E-state index contributed by atoms with van der Waals surface area (Å²) < 4.78 is 2.55. The number of rotatable bonds is 6. The van der Waals surface area contributed by atoms with Crippen LogP contribution in [-0.2, 0) is 13.5 Å². The highest BCUT2D eigenvalue weighted by molar-refractivity contribution is 7.16. The van der Waals surface area contributed by atoms with Crippen molar-refractivity contribution in [2.45, 2.75) is 12.5 Å². The van der Waals surface area contributed by atoms with Crippen LogP contribution in [0.3, 0.4) is 0 Å². The van der Waals surface area contributed by atoms with Crippen LogP contribution in [0.15, 0.2) is 36.0 Å². The van der Waals surface area contributed by atoms with Crippen molar-refractivity contribution >= 4 is 34.3 Å². The van der Waals surface area contributed by atoms with Crippen LogP contribution in [0, 0.1) is 0 Å². The lowest BCUT2D eigenvalue weighted by atomic mass is 10.2. The Morgan fingerprint density at radius 1 is 1.33 bits per heavy atom. The SMILES string of the molecule is Cn1cnc(CCNC(c2cccs2)c2ccc(Cl)s2)n1. The molecular formula is C14H15ClN4S2. The molecule has 1 N–H and O–H groups in total. The maximum Gasteiger partial charge on any atom is 0.151 e. The number of halogens is 1. The zero-order valence-corrected chi connectivity index (χ0v) is 13.9. The molecule has 1 atom stereocenters. The van der Waals surface area contributed by atoms with Crippen LogP contribution >= 0.6 is 34.3 Å². The molecule has 3 rings (SSSR count). The Morgan fingerprint density at radius 3 is 2.86 bits per heavy atom. The van der Waals surface area contributed by atoms with Crippen LogP contribution in [0.4, 0.5) is 0 Å². The van der Waals surface area contributed by atoms with Crippen molar-refractivity contribution in [1.82, 2.24) is 20.1 Å². The molecule has 0 saturated carbocycles. The number of nitrogens with zero attached hydrogens (tertiary/aromatic N) is 3. The van der Waals surface area contributed by atoms with Gasteiger partial charge in [-0.3, -0.25) is 4.68 Å². The van der Waals surface area contributed by atoms with E-state index in [0.29, 0.717) is 0 Å². The van der Waals surface area contributed by atoms with E-state index in [2.05, 4.69) is 39.0 Å². The molecule has 3 aromatic rings. The Kier molecular flexibility index (Phi) is 4.70. The molecule has 0 bridgehead atoms. The van der Waals surface area contributed by atoms with Crippen molar-refractivity contribution in [3.8, 4) is 0 Å². The van der Waals surface area contributed by atoms with Crippen LogP contribution in [0.5, 0.6) is 0 Å². The van der Waals surface area contributed by atoms with Crippen molar-refractivity contribution in [3.63, 3.8) is 0 Å². The molecule has 0 saturated heterocycles. The van der Waals surface area contributed by atoms with E-state index in [9.17, 15) is 0 Å².